The van der Waals surface area contributed by atoms with Crippen LogP contribution in [0.1, 0.15) is 51.9 Å². The second kappa shape index (κ2) is 13.7. The van der Waals surface area contributed by atoms with Gasteiger partial charge < -0.3 is 15.2 Å². The Kier molecular flexibility index (Phi) is 9.68. The number of aryl methyl sites for hydroxylation is 1. The van der Waals surface area contributed by atoms with Gasteiger partial charge in [0.05, 0.1) is 18.0 Å². The van der Waals surface area contributed by atoms with E-state index in [0.717, 1.165) is 16.8 Å². The number of rotatable bonds is 6. The molecular weight excluding hydrogens is 704 g/mol. The Morgan fingerprint density at radius 2 is 1.78 bits per heavy atom. The van der Waals surface area contributed by atoms with Gasteiger partial charge >= 0.3 is 12.1 Å². The summed E-state index contributed by atoms with van der Waals surface area (Å²) in [6.45, 7) is 2.97. The molecule has 0 radical (unpaired) electrons. The molecule has 2 unspecified atom stereocenters. The van der Waals surface area contributed by atoms with Gasteiger partial charge in [0.1, 0.15) is 35.3 Å². The Balaban J connectivity index is 1.59. The molecule has 0 aliphatic carbocycles. The first kappa shape index (κ1) is 36.0. The molecule has 2 aliphatic rings. The molecule has 4 aromatic rings. The van der Waals surface area contributed by atoms with Gasteiger partial charge in [0.15, 0.2) is 0 Å². The predicted molar refractivity (Wildman–Crippen MR) is 175 cm³/mol. The third-order valence-corrected chi connectivity index (χ3v) is 9.26. The molecule has 1 fully saturated rings. The number of aromatic nitrogens is 1. The van der Waals surface area contributed by atoms with Gasteiger partial charge in [0.2, 0.25) is 5.91 Å². The van der Waals surface area contributed by atoms with Gasteiger partial charge in [-0.1, -0.05) is 11.6 Å². The van der Waals surface area contributed by atoms with E-state index >= 15 is 4.39 Å². The first-order valence-electron chi connectivity index (χ1n) is 15.8. The minimum Gasteiger partial charge on any atom is -0.481 e. The third kappa shape index (κ3) is 7.33. The number of amides is 1. The van der Waals surface area contributed by atoms with Crippen LogP contribution in [0.2, 0.25) is 5.02 Å². The minimum atomic E-state index is -4.95. The van der Waals surface area contributed by atoms with E-state index in [1.807, 2.05) is 0 Å². The Morgan fingerprint density at radius 1 is 1.06 bits per heavy atom. The molecule has 51 heavy (non-hydrogen) atoms. The highest BCUT2D eigenvalue weighted by atomic mass is 35.5. The molecule has 0 saturated carbocycles. The van der Waals surface area contributed by atoms with Crippen LogP contribution < -0.4 is 15.6 Å². The molecule has 1 aromatic heterocycles. The Hall–Kier alpha value is -4.82. The zero-order valence-electron chi connectivity index (χ0n) is 27.1. The molecule has 1 saturated heterocycles. The van der Waals surface area contributed by atoms with Gasteiger partial charge in [0, 0.05) is 48.0 Å². The van der Waals surface area contributed by atoms with Gasteiger partial charge in [0.25, 0.3) is 5.56 Å². The maximum Gasteiger partial charge on any atom is 0.416 e. The Morgan fingerprint density at radius 3 is 2.45 bits per heavy atom. The normalized spacial score (nSPS) is 18.0. The number of carboxylic acids is 1. The number of hydrogen-bond acceptors (Lipinski definition) is 5. The van der Waals surface area contributed by atoms with E-state index < -0.39 is 65.5 Å². The highest BCUT2D eigenvalue weighted by molar-refractivity contribution is 6.30. The van der Waals surface area contributed by atoms with Crippen LogP contribution in [0, 0.1) is 25.5 Å². The number of fused-ring (bicyclic) bond motifs is 6. The number of ether oxygens (including phenoxy) is 1. The van der Waals surface area contributed by atoms with Crippen LogP contribution in [-0.2, 0) is 22.2 Å². The van der Waals surface area contributed by atoms with Gasteiger partial charge in [-0.05, 0) is 90.6 Å². The fourth-order valence-electron chi connectivity index (χ4n) is 6.56. The van der Waals surface area contributed by atoms with Crippen molar-refractivity contribution in [2.75, 3.05) is 19.6 Å². The summed E-state index contributed by atoms with van der Waals surface area (Å²) in [5.74, 6) is -3.92. The van der Waals surface area contributed by atoms with E-state index in [1.165, 1.54) is 50.2 Å². The van der Waals surface area contributed by atoms with Crippen LogP contribution in [0.3, 0.4) is 0 Å². The summed E-state index contributed by atoms with van der Waals surface area (Å²) in [7, 11) is 0. The molecule has 2 atom stereocenters. The quantitative estimate of drug-likeness (QED) is 0.202. The number of benzene rings is 3. The van der Waals surface area contributed by atoms with E-state index in [2.05, 4.69) is 5.32 Å². The lowest BCUT2D eigenvalue weighted by atomic mass is 9.92. The number of aliphatic carboxylic acids is 1. The zero-order chi connectivity index (χ0) is 36.9. The second-order valence-electron chi connectivity index (χ2n) is 12.7. The van der Waals surface area contributed by atoms with Gasteiger partial charge in [-0.3, -0.25) is 23.9 Å². The number of hydrogen-bond donors (Lipinski definition) is 2. The standard InChI is InChI=1S/C36H30ClF6N3O5/c1-17-7-20-10-25(33(17)40)28(13-31(48)49)44-35(50)34(21-8-22(37)11-24(9-21)51-29-4-3-27(39)18(2)32(20)29)46-14-19(5-6-45-15-23(38)16-45)26(12-30(46)47)36(41,42)43/h3-4,7-12,14,23,28,34H,5-6,13,15-16H2,1-2H3,(H,44,50)(H,48,49). The van der Waals surface area contributed by atoms with Crippen LogP contribution in [0.25, 0.3) is 11.1 Å². The van der Waals surface area contributed by atoms with Crippen LogP contribution in [0.5, 0.6) is 11.5 Å². The number of carbonyl (C=O) groups is 2. The first-order chi connectivity index (χ1) is 24.0. The average molecular weight is 734 g/mol. The van der Waals surface area contributed by atoms with Crippen molar-refractivity contribution >= 4 is 23.5 Å². The molecule has 4 bridgehead atoms. The topological polar surface area (TPSA) is 101 Å². The van der Waals surface area contributed by atoms with Gasteiger partial charge in [-0.2, -0.15) is 13.2 Å². The lowest BCUT2D eigenvalue weighted by Gasteiger charge is -2.34. The van der Waals surface area contributed by atoms with Crippen molar-refractivity contribution in [3.05, 3.63) is 115 Å². The molecule has 3 heterocycles. The fourth-order valence-corrected chi connectivity index (χ4v) is 6.79. The van der Waals surface area contributed by atoms with E-state index in [-0.39, 0.29) is 81.5 Å². The van der Waals surface area contributed by atoms with E-state index in [9.17, 15) is 41.4 Å². The molecule has 2 aliphatic heterocycles. The highest BCUT2D eigenvalue weighted by Gasteiger charge is 2.37. The van der Waals surface area contributed by atoms with Crippen molar-refractivity contribution < 1.29 is 45.8 Å². The number of carboxylic acid groups (broad SMARTS) is 1. The summed E-state index contributed by atoms with van der Waals surface area (Å²) < 4.78 is 93.9. The number of halogens is 7. The van der Waals surface area contributed by atoms with E-state index in [1.54, 1.807) is 4.90 Å². The van der Waals surface area contributed by atoms with Crippen molar-refractivity contribution in [2.24, 2.45) is 0 Å². The van der Waals surface area contributed by atoms with E-state index in [4.69, 9.17) is 16.3 Å². The van der Waals surface area contributed by atoms with Crippen molar-refractivity contribution in [1.82, 2.24) is 14.8 Å². The largest absolute Gasteiger partial charge is 0.481 e. The smallest absolute Gasteiger partial charge is 0.416 e. The average Bonchev–Trinajstić information content (AvgIpc) is 3.02. The molecule has 1 amide bonds. The molecule has 268 valence electrons. The maximum atomic E-state index is 15.9. The van der Waals surface area contributed by atoms with E-state index in [0.29, 0.717) is 6.07 Å². The Labute approximate surface area is 292 Å². The van der Waals surface area contributed by atoms with Crippen molar-refractivity contribution in [3.63, 3.8) is 0 Å². The zero-order valence-corrected chi connectivity index (χ0v) is 27.8. The minimum absolute atomic E-state index is 0.00157. The number of nitrogens with one attached hydrogen (secondary N) is 1. The van der Waals surface area contributed by atoms with Crippen molar-refractivity contribution in [2.45, 2.75) is 51.1 Å². The summed E-state index contributed by atoms with van der Waals surface area (Å²) in [6, 6.07) is 6.10. The molecular formula is C36H30ClF6N3O5. The number of alkyl halides is 4. The highest BCUT2D eigenvalue weighted by Crippen LogP contribution is 2.42. The number of nitrogens with zero attached hydrogens (tertiary/aromatic N) is 2. The van der Waals surface area contributed by atoms with Crippen LogP contribution in [0.4, 0.5) is 26.3 Å². The van der Waals surface area contributed by atoms with Crippen molar-refractivity contribution in [1.29, 1.82) is 0 Å². The van der Waals surface area contributed by atoms with Gasteiger partial charge in [-0.15, -0.1) is 0 Å². The third-order valence-electron chi connectivity index (χ3n) is 9.04. The molecule has 0 spiro atoms. The maximum absolute atomic E-state index is 15.9. The molecule has 15 heteroatoms. The number of pyridine rings is 1. The van der Waals surface area contributed by atoms with Crippen LogP contribution in [0.15, 0.2) is 59.5 Å². The summed E-state index contributed by atoms with van der Waals surface area (Å²) >= 11 is 6.47. The fraction of sp³-hybridized carbons (Fsp3) is 0.306. The molecule has 3 aromatic carbocycles. The van der Waals surface area contributed by atoms with Crippen molar-refractivity contribution in [3.8, 4) is 22.6 Å². The predicted octanol–water partition coefficient (Wildman–Crippen LogP) is 7.31. The number of carbonyl (C=O) groups excluding carboxylic acids is 1. The molecule has 8 nitrogen and oxygen atoms in total. The van der Waals surface area contributed by atoms with Crippen LogP contribution in [-0.4, -0.2) is 52.3 Å². The summed E-state index contributed by atoms with van der Waals surface area (Å²) in [5, 5.41) is 12.3. The first-order valence-corrected chi connectivity index (χ1v) is 16.2. The van der Waals surface area contributed by atoms with Gasteiger partial charge in [-0.25, -0.2) is 13.2 Å². The summed E-state index contributed by atoms with van der Waals surface area (Å²) in [6.07, 6.45) is -6.27. The Bertz CT molecular complexity index is 2110. The second-order valence-corrected chi connectivity index (χ2v) is 13.1. The summed E-state index contributed by atoms with van der Waals surface area (Å²) in [5.41, 5.74) is -2.59. The monoisotopic (exact) mass is 733 g/mol. The lowest BCUT2D eigenvalue weighted by Crippen LogP contribution is -2.49. The molecule has 2 N–H and O–H groups in total. The number of likely N-dealkylation sites (tertiary alicyclic amines) is 1. The molecule has 6 rings (SSSR count). The lowest BCUT2D eigenvalue weighted by molar-refractivity contribution is -0.139. The van der Waals surface area contributed by atoms with Crippen LogP contribution >= 0.6 is 11.6 Å². The summed E-state index contributed by atoms with van der Waals surface area (Å²) in [4.78, 5) is 41.6. The SMILES string of the molecule is Cc1cc2cc(c1F)C(CC(=O)O)NC(=O)C(n1cc(CCN3CC(F)C3)c(C(F)(F)F)cc1=O)c1cc(Cl)cc(c1)Oc1ccc(F)c(C)c1-2.